The van der Waals surface area contributed by atoms with Gasteiger partial charge in [-0.2, -0.15) is 17.5 Å². The first kappa shape index (κ1) is 19.0. The number of hydrogen-bond acceptors (Lipinski definition) is 3. The van der Waals surface area contributed by atoms with Crippen LogP contribution in [0.25, 0.3) is 0 Å². The van der Waals surface area contributed by atoms with E-state index in [0.29, 0.717) is 19.3 Å². The number of anilines is 1. The average Bonchev–Trinajstić information content (AvgIpc) is 2.47. The largest absolute Gasteiger partial charge is 0.417 e. The summed E-state index contributed by atoms with van der Waals surface area (Å²) in [6, 6.07) is 2.07. The van der Waals surface area contributed by atoms with Crippen molar-refractivity contribution < 1.29 is 26.4 Å². The molecule has 0 saturated carbocycles. The number of sulfonamides is 1. The van der Waals surface area contributed by atoms with Crippen LogP contribution in [0.15, 0.2) is 18.2 Å². The predicted molar refractivity (Wildman–Crippen MR) is 84.3 cm³/mol. The Kier molecular flexibility index (Phi) is 5.46. The first-order valence-electron chi connectivity index (χ1n) is 7.14. The van der Waals surface area contributed by atoms with Crippen LogP contribution in [-0.4, -0.2) is 37.5 Å². The van der Waals surface area contributed by atoms with E-state index in [9.17, 15) is 26.4 Å². The maximum absolute atomic E-state index is 12.9. The summed E-state index contributed by atoms with van der Waals surface area (Å²) < 4.78 is 63.2. The molecule has 0 spiro atoms. The topological polar surface area (TPSA) is 66.5 Å². The summed E-state index contributed by atoms with van der Waals surface area (Å²) in [5.74, 6) is -0.657. The lowest BCUT2D eigenvalue weighted by Gasteiger charge is -2.32. The number of hydrogen-bond donors (Lipinski definition) is 1. The van der Waals surface area contributed by atoms with Crippen molar-refractivity contribution in [3.05, 3.63) is 28.8 Å². The van der Waals surface area contributed by atoms with Gasteiger partial charge in [0.15, 0.2) is 0 Å². The number of carbonyl (C=O) groups excluding carboxylic acids is 1. The standard InChI is InChI=1S/C14H16ClF3N2O3S/c1-24(22,23)20-7-3-2-4-12(20)13(21)19-9-5-6-11(15)10(8-9)14(16,17)18/h5-6,8,12H,2-4,7H2,1H3,(H,19,21). The minimum absolute atomic E-state index is 0.0873. The molecule has 0 aliphatic carbocycles. The quantitative estimate of drug-likeness (QED) is 0.870. The van der Waals surface area contributed by atoms with Gasteiger partial charge in [0.1, 0.15) is 6.04 Å². The van der Waals surface area contributed by atoms with Gasteiger partial charge in [0, 0.05) is 12.2 Å². The van der Waals surface area contributed by atoms with Crippen molar-refractivity contribution in [2.45, 2.75) is 31.5 Å². The van der Waals surface area contributed by atoms with Crippen molar-refractivity contribution >= 4 is 33.2 Å². The van der Waals surface area contributed by atoms with E-state index in [2.05, 4.69) is 5.32 Å². The van der Waals surface area contributed by atoms with Gasteiger partial charge in [0.2, 0.25) is 15.9 Å². The summed E-state index contributed by atoms with van der Waals surface area (Å²) in [7, 11) is -3.58. The van der Waals surface area contributed by atoms with E-state index >= 15 is 0 Å². The Bertz CT molecular complexity index is 737. The smallest absolute Gasteiger partial charge is 0.325 e. The molecule has 1 aromatic rings. The third-order valence-electron chi connectivity index (χ3n) is 3.72. The Morgan fingerprint density at radius 1 is 1.33 bits per heavy atom. The third kappa shape index (κ3) is 4.40. The predicted octanol–water partition coefficient (Wildman–Crippen LogP) is 3.11. The van der Waals surface area contributed by atoms with Gasteiger partial charge in [-0.15, -0.1) is 0 Å². The van der Waals surface area contributed by atoms with E-state index in [1.165, 1.54) is 6.07 Å². The number of carbonyl (C=O) groups is 1. The minimum Gasteiger partial charge on any atom is -0.325 e. The van der Waals surface area contributed by atoms with Gasteiger partial charge < -0.3 is 5.32 Å². The number of amides is 1. The van der Waals surface area contributed by atoms with E-state index in [1.54, 1.807) is 0 Å². The Labute approximate surface area is 142 Å². The summed E-state index contributed by atoms with van der Waals surface area (Å²) in [6.07, 6.45) is -2.03. The van der Waals surface area contributed by atoms with E-state index in [-0.39, 0.29) is 12.2 Å². The highest BCUT2D eigenvalue weighted by Crippen LogP contribution is 2.36. The maximum Gasteiger partial charge on any atom is 0.417 e. The molecular formula is C14H16ClF3N2O3S. The van der Waals surface area contributed by atoms with Gasteiger partial charge in [-0.05, 0) is 31.0 Å². The van der Waals surface area contributed by atoms with Crippen molar-refractivity contribution in [2.75, 3.05) is 18.1 Å². The summed E-state index contributed by atoms with van der Waals surface area (Å²) in [5.41, 5.74) is -1.15. The molecule has 24 heavy (non-hydrogen) atoms. The van der Waals surface area contributed by atoms with E-state index < -0.39 is 38.7 Å². The molecule has 134 valence electrons. The summed E-state index contributed by atoms with van der Waals surface area (Å²) in [6.45, 7) is 0.214. The fourth-order valence-corrected chi connectivity index (χ4v) is 3.96. The van der Waals surface area contributed by atoms with Crippen LogP contribution in [0, 0.1) is 0 Å². The van der Waals surface area contributed by atoms with Crippen LogP contribution in [0.1, 0.15) is 24.8 Å². The Balaban J connectivity index is 2.23. The van der Waals surface area contributed by atoms with Crippen molar-refractivity contribution in [2.24, 2.45) is 0 Å². The molecule has 1 amide bonds. The van der Waals surface area contributed by atoms with Gasteiger partial charge in [-0.1, -0.05) is 18.0 Å². The van der Waals surface area contributed by atoms with Crippen LogP contribution >= 0.6 is 11.6 Å². The SMILES string of the molecule is CS(=O)(=O)N1CCCCC1C(=O)Nc1ccc(Cl)c(C(F)(F)F)c1. The monoisotopic (exact) mass is 384 g/mol. The molecule has 1 unspecified atom stereocenters. The first-order valence-corrected chi connectivity index (χ1v) is 9.37. The van der Waals surface area contributed by atoms with Gasteiger partial charge in [0.25, 0.3) is 0 Å². The highest BCUT2D eigenvalue weighted by Gasteiger charge is 2.36. The average molecular weight is 385 g/mol. The van der Waals surface area contributed by atoms with Gasteiger partial charge in [-0.3, -0.25) is 4.79 Å². The maximum atomic E-state index is 12.9. The molecule has 1 heterocycles. The van der Waals surface area contributed by atoms with Crippen molar-refractivity contribution in [3.8, 4) is 0 Å². The molecule has 1 N–H and O–H groups in total. The van der Waals surface area contributed by atoms with Crippen LogP contribution in [0.3, 0.4) is 0 Å². The van der Waals surface area contributed by atoms with E-state index in [1.807, 2.05) is 0 Å². The molecule has 10 heteroatoms. The van der Waals surface area contributed by atoms with Crippen LogP contribution in [-0.2, 0) is 21.0 Å². The third-order valence-corrected chi connectivity index (χ3v) is 5.34. The number of piperidine rings is 1. The number of rotatable bonds is 3. The van der Waals surface area contributed by atoms with Gasteiger partial charge in [0.05, 0.1) is 16.8 Å². The molecule has 2 rings (SSSR count). The highest BCUT2D eigenvalue weighted by molar-refractivity contribution is 7.88. The molecule has 1 atom stereocenters. The highest BCUT2D eigenvalue weighted by atomic mass is 35.5. The van der Waals surface area contributed by atoms with Crippen LogP contribution in [0.5, 0.6) is 0 Å². The van der Waals surface area contributed by atoms with E-state index in [4.69, 9.17) is 11.6 Å². The fraction of sp³-hybridized carbons (Fsp3) is 0.500. The number of alkyl halides is 3. The molecule has 1 aliphatic heterocycles. The summed E-state index contributed by atoms with van der Waals surface area (Å²) >= 11 is 5.53. The minimum atomic E-state index is -4.65. The zero-order chi connectivity index (χ0) is 18.1. The molecule has 0 radical (unpaired) electrons. The van der Waals surface area contributed by atoms with Gasteiger partial charge in [-0.25, -0.2) is 8.42 Å². The summed E-state index contributed by atoms with van der Waals surface area (Å²) in [4.78, 5) is 12.3. The lowest BCUT2D eigenvalue weighted by atomic mass is 10.0. The Morgan fingerprint density at radius 3 is 2.58 bits per heavy atom. The zero-order valence-corrected chi connectivity index (χ0v) is 14.3. The zero-order valence-electron chi connectivity index (χ0n) is 12.7. The van der Waals surface area contributed by atoms with Gasteiger partial charge >= 0.3 is 6.18 Å². The molecule has 1 saturated heterocycles. The van der Waals surface area contributed by atoms with Crippen molar-refractivity contribution in [3.63, 3.8) is 0 Å². The van der Waals surface area contributed by atoms with Crippen LogP contribution in [0.4, 0.5) is 18.9 Å². The number of halogens is 4. The molecule has 5 nitrogen and oxygen atoms in total. The molecular weight excluding hydrogens is 369 g/mol. The molecule has 0 bridgehead atoms. The number of benzene rings is 1. The normalized spacial score (nSPS) is 20.0. The molecule has 1 aromatic carbocycles. The lowest BCUT2D eigenvalue weighted by Crippen LogP contribution is -2.49. The number of nitrogens with zero attached hydrogens (tertiary/aromatic N) is 1. The Morgan fingerprint density at radius 2 is 2.00 bits per heavy atom. The van der Waals surface area contributed by atoms with Crippen molar-refractivity contribution in [1.82, 2.24) is 4.31 Å². The second-order valence-electron chi connectivity index (χ2n) is 5.57. The molecule has 1 aliphatic rings. The second-order valence-corrected chi connectivity index (χ2v) is 7.91. The van der Waals surface area contributed by atoms with Crippen LogP contribution in [0.2, 0.25) is 5.02 Å². The fourth-order valence-electron chi connectivity index (χ4n) is 2.61. The Hall–Kier alpha value is -1.32. The second kappa shape index (κ2) is 6.89. The first-order chi connectivity index (χ1) is 11.0. The van der Waals surface area contributed by atoms with Crippen molar-refractivity contribution in [1.29, 1.82) is 0 Å². The summed E-state index contributed by atoms with van der Waals surface area (Å²) in [5, 5.41) is 1.87. The van der Waals surface area contributed by atoms with E-state index in [0.717, 1.165) is 22.7 Å². The molecule has 0 aromatic heterocycles. The number of nitrogens with one attached hydrogen (secondary N) is 1. The van der Waals surface area contributed by atoms with Crippen LogP contribution < -0.4 is 5.32 Å². The molecule has 1 fully saturated rings. The lowest BCUT2D eigenvalue weighted by molar-refractivity contribution is -0.137.